The number of hydrogen-bond acceptors (Lipinski definition) is 3. The maximum atomic E-state index is 13.2. The molecule has 0 bridgehead atoms. The molecular formula is C23H28N4O. The molecule has 1 aliphatic rings. The van der Waals surface area contributed by atoms with Gasteiger partial charge in [0.05, 0.1) is 17.0 Å². The minimum absolute atomic E-state index is 0.0621. The third kappa shape index (κ3) is 3.66. The summed E-state index contributed by atoms with van der Waals surface area (Å²) in [6.07, 6.45) is 7.43. The molecule has 0 saturated heterocycles. The van der Waals surface area contributed by atoms with Crippen LogP contribution in [-0.4, -0.2) is 26.5 Å². The second-order valence-corrected chi connectivity index (χ2v) is 8.74. The van der Waals surface area contributed by atoms with Gasteiger partial charge >= 0.3 is 0 Å². The normalized spacial score (nSPS) is 15.7. The zero-order chi connectivity index (χ0) is 19.7. The van der Waals surface area contributed by atoms with Crippen molar-refractivity contribution in [2.24, 2.45) is 0 Å². The first kappa shape index (κ1) is 18.7. The van der Waals surface area contributed by atoms with Crippen molar-refractivity contribution in [1.29, 1.82) is 0 Å². The highest BCUT2D eigenvalue weighted by Gasteiger charge is 2.24. The largest absolute Gasteiger partial charge is 0.349 e. The van der Waals surface area contributed by atoms with Crippen LogP contribution in [0.4, 0.5) is 0 Å². The van der Waals surface area contributed by atoms with Crippen molar-refractivity contribution in [3.8, 4) is 11.3 Å². The smallest absolute Gasteiger partial charge is 0.255 e. The fraction of sp³-hybridized carbons (Fsp3) is 0.435. The maximum Gasteiger partial charge on any atom is 0.255 e. The van der Waals surface area contributed by atoms with Crippen molar-refractivity contribution in [1.82, 2.24) is 19.9 Å². The van der Waals surface area contributed by atoms with Gasteiger partial charge in [0.15, 0.2) is 5.65 Å². The molecule has 28 heavy (non-hydrogen) atoms. The van der Waals surface area contributed by atoms with E-state index in [2.05, 4.69) is 31.1 Å². The number of carbonyl (C=O) groups excluding carboxylic acids is 1. The van der Waals surface area contributed by atoms with Crippen molar-refractivity contribution in [3.05, 3.63) is 53.9 Å². The fourth-order valence-corrected chi connectivity index (χ4v) is 3.85. The van der Waals surface area contributed by atoms with Crippen LogP contribution in [0.5, 0.6) is 0 Å². The quantitative estimate of drug-likeness (QED) is 0.717. The van der Waals surface area contributed by atoms with Crippen molar-refractivity contribution in [2.75, 3.05) is 0 Å². The Balaban J connectivity index is 1.82. The van der Waals surface area contributed by atoms with Gasteiger partial charge in [-0.1, -0.05) is 70.4 Å². The molecule has 0 radical (unpaired) electrons. The summed E-state index contributed by atoms with van der Waals surface area (Å²) in [6, 6.07) is 12.2. The van der Waals surface area contributed by atoms with Crippen LogP contribution < -0.4 is 5.32 Å². The molecule has 4 rings (SSSR count). The predicted octanol–water partition coefficient (Wildman–Crippen LogP) is 4.76. The number of nitrogens with zero attached hydrogens (tertiary/aromatic N) is 3. The molecule has 1 aromatic carbocycles. The van der Waals surface area contributed by atoms with Crippen molar-refractivity contribution >= 4 is 11.6 Å². The van der Waals surface area contributed by atoms with E-state index < -0.39 is 0 Å². The topological polar surface area (TPSA) is 59.3 Å². The number of nitrogens with one attached hydrogen (secondary N) is 1. The van der Waals surface area contributed by atoms with E-state index in [4.69, 9.17) is 5.10 Å². The third-order valence-corrected chi connectivity index (χ3v) is 5.48. The molecule has 0 atom stereocenters. The highest BCUT2D eigenvalue weighted by molar-refractivity contribution is 6.00. The summed E-state index contributed by atoms with van der Waals surface area (Å²) in [7, 11) is 0. The predicted molar refractivity (Wildman–Crippen MR) is 111 cm³/mol. The van der Waals surface area contributed by atoms with Crippen LogP contribution in [0.3, 0.4) is 0 Å². The third-order valence-electron chi connectivity index (χ3n) is 5.48. The zero-order valence-electron chi connectivity index (χ0n) is 16.9. The molecule has 0 unspecified atom stereocenters. The van der Waals surface area contributed by atoms with E-state index in [0.717, 1.165) is 35.4 Å². The highest BCUT2D eigenvalue weighted by Crippen LogP contribution is 2.28. The molecule has 3 aromatic rings. The van der Waals surface area contributed by atoms with Gasteiger partial charge in [-0.15, -0.1) is 0 Å². The Bertz CT molecular complexity index is 979. The molecule has 2 aromatic heterocycles. The molecule has 1 fully saturated rings. The Morgan fingerprint density at radius 1 is 1.11 bits per heavy atom. The lowest BCUT2D eigenvalue weighted by atomic mass is 9.93. The van der Waals surface area contributed by atoms with Gasteiger partial charge in [-0.05, 0) is 12.8 Å². The van der Waals surface area contributed by atoms with Gasteiger partial charge in [0, 0.05) is 29.3 Å². The lowest BCUT2D eigenvalue weighted by Crippen LogP contribution is -2.36. The van der Waals surface area contributed by atoms with Gasteiger partial charge in [-0.2, -0.15) is 5.10 Å². The Labute approximate surface area is 166 Å². The average molecular weight is 377 g/mol. The first-order chi connectivity index (χ1) is 13.4. The SMILES string of the molecule is CC(C)(C)c1cc2ncc(C(=O)NC3CCCCC3)c(-c3ccccc3)n2n1. The molecule has 2 heterocycles. The number of hydrogen-bond donors (Lipinski definition) is 1. The number of carbonyl (C=O) groups is 1. The number of aromatic nitrogens is 3. The van der Waals surface area contributed by atoms with Crippen LogP contribution in [0.25, 0.3) is 16.9 Å². The number of rotatable bonds is 3. The van der Waals surface area contributed by atoms with Crippen molar-refractivity contribution < 1.29 is 4.79 Å². The molecule has 1 aliphatic carbocycles. The Kier molecular flexibility index (Phi) is 4.92. The first-order valence-electron chi connectivity index (χ1n) is 10.2. The van der Waals surface area contributed by atoms with Gasteiger partial charge in [0.25, 0.3) is 5.91 Å². The molecule has 5 nitrogen and oxygen atoms in total. The second kappa shape index (κ2) is 7.38. The van der Waals surface area contributed by atoms with Gasteiger partial charge in [-0.3, -0.25) is 4.79 Å². The summed E-state index contributed by atoms with van der Waals surface area (Å²) < 4.78 is 1.83. The van der Waals surface area contributed by atoms with Crippen LogP contribution >= 0.6 is 0 Å². The van der Waals surface area contributed by atoms with Crippen molar-refractivity contribution in [3.63, 3.8) is 0 Å². The lowest BCUT2D eigenvalue weighted by molar-refractivity contribution is 0.0927. The molecule has 1 amide bonds. The fourth-order valence-electron chi connectivity index (χ4n) is 3.85. The molecule has 1 saturated carbocycles. The van der Waals surface area contributed by atoms with Crippen LogP contribution in [0, 0.1) is 0 Å². The van der Waals surface area contributed by atoms with Gasteiger partial charge in [0.2, 0.25) is 0 Å². The number of fused-ring (bicyclic) bond motifs is 1. The monoisotopic (exact) mass is 376 g/mol. The van der Waals surface area contributed by atoms with Crippen LogP contribution in [0.15, 0.2) is 42.6 Å². The van der Waals surface area contributed by atoms with E-state index in [9.17, 15) is 4.79 Å². The average Bonchev–Trinajstić information content (AvgIpc) is 3.13. The first-order valence-corrected chi connectivity index (χ1v) is 10.2. The van der Waals surface area contributed by atoms with Crippen LogP contribution in [0.1, 0.15) is 68.9 Å². The Morgan fingerprint density at radius 3 is 2.50 bits per heavy atom. The van der Waals surface area contributed by atoms with E-state index in [1.807, 2.05) is 40.9 Å². The van der Waals surface area contributed by atoms with Crippen LogP contribution in [0.2, 0.25) is 0 Å². The summed E-state index contributed by atoms with van der Waals surface area (Å²) in [6.45, 7) is 6.40. The van der Waals surface area contributed by atoms with Gasteiger partial charge in [-0.25, -0.2) is 9.50 Å². The standard InChI is InChI=1S/C23H28N4O/c1-23(2,3)19-14-20-24-15-18(22(28)25-17-12-8-5-9-13-17)21(27(20)26-19)16-10-6-4-7-11-16/h4,6-7,10-11,14-15,17H,5,8-9,12-13H2,1-3H3,(H,25,28). The van der Waals surface area contributed by atoms with E-state index in [0.29, 0.717) is 5.56 Å². The maximum absolute atomic E-state index is 13.2. The molecule has 146 valence electrons. The number of benzene rings is 1. The summed E-state index contributed by atoms with van der Waals surface area (Å²) >= 11 is 0. The highest BCUT2D eigenvalue weighted by atomic mass is 16.1. The second-order valence-electron chi connectivity index (χ2n) is 8.74. The van der Waals surface area contributed by atoms with Gasteiger partial charge in [0.1, 0.15) is 0 Å². The molecular weight excluding hydrogens is 348 g/mol. The van der Waals surface area contributed by atoms with Crippen molar-refractivity contribution in [2.45, 2.75) is 64.3 Å². The zero-order valence-corrected chi connectivity index (χ0v) is 16.9. The van der Waals surface area contributed by atoms with E-state index >= 15 is 0 Å². The van der Waals surface area contributed by atoms with E-state index in [1.54, 1.807) is 6.20 Å². The van der Waals surface area contributed by atoms with Crippen LogP contribution in [-0.2, 0) is 5.41 Å². The Morgan fingerprint density at radius 2 is 1.82 bits per heavy atom. The summed E-state index contributed by atoms with van der Waals surface area (Å²) in [5.74, 6) is -0.0621. The minimum Gasteiger partial charge on any atom is -0.349 e. The minimum atomic E-state index is -0.0911. The Hall–Kier alpha value is -2.69. The summed E-state index contributed by atoms with van der Waals surface area (Å²) in [4.78, 5) is 17.7. The molecule has 1 N–H and O–H groups in total. The van der Waals surface area contributed by atoms with E-state index in [1.165, 1.54) is 19.3 Å². The summed E-state index contributed by atoms with van der Waals surface area (Å²) in [5.41, 5.74) is 3.97. The summed E-state index contributed by atoms with van der Waals surface area (Å²) in [5, 5.41) is 8.05. The number of amides is 1. The lowest BCUT2D eigenvalue weighted by Gasteiger charge is -2.23. The molecule has 0 spiro atoms. The molecule has 5 heteroatoms. The van der Waals surface area contributed by atoms with E-state index in [-0.39, 0.29) is 17.4 Å². The molecule has 0 aliphatic heterocycles. The van der Waals surface area contributed by atoms with Gasteiger partial charge < -0.3 is 5.32 Å².